The molecule has 0 radical (unpaired) electrons. The van der Waals surface area contributed by atoms with Crippen LogP contribution in [0.4, 0.5) is 0 Å². The molecule has 0 atom stereocenters. The van der Waals surface area contributed by atoms with Crippen molar-refractivity contribution < 1.29 is 0 Å². The number of aromatic nitrogens is 1. The summed E-state index contributed by atoms with van der Waals surface area (Å²) in [5.41, 5.74) is 2.60. The highest BCUT2D eigenvalue weighted by Gasteiger charge is 2.20. The van der Waals surface area contributed by atoms with E-state index in [-0.39, 0.29) is 0 Å². The molecule has 1 aliphatic rings. The first-order chi connectivity index (χ1) is 13.1. The van der Waals surface area contributed by atoms with Crippen molar-refractivity contribution in [3.63, 3.8) is 0 Å². The second kappa shape index (κ2) is 10.2. The van der Waals surface area contributed by atoms with E-state index in [0.717, 1.165) is 55.8 Å². The van der Waals surface area contributed by atoms with Crippen LogP contribution >= 0.6 is 22.7 Å². The summed E-state index contributed by atoms with van der Waals surface area (Å²) in [5.74, 6) is 0.952. The molecule has 0 spiro atoms. The lowest BCUT2D eigenvalue weighted by molar-refractivity contribution is 0.198. The maximum absolute atomic E-state index is 4.79. The van der Waals surface area contributed by atoms with Crippen LogP contribution in [0.25, 0.3) is 0 Å². The van der Waals surface area contributed by atoms with Crippen LogP contribution in [0.5, 0.6) is 0 Å². The van der Waals surface area contributed by atoms with Gasteiger partial charge in [0.2, 0.25) is 0 Å². The van der Waals surface area contributed by atoms with E-state index >= 15 is 0 Å². The molecule has 0 aromatic carbocycles. The molecule has 0 unspecified atom stereocenters. The van der Waals surface area contributed by atoms with Crippen LogP contribution < -0.4 is 10.6 Å². The second-order valence-electron chi connectivity index (χ2n) is 7.08. The summed E-state index contributed by atoms with van der Waals surface area (Å²) in [5, 5.41) is 12.6. The highest BCUT2D eigenvalue weighted by Crippen LogP contribution is 2.18. The molecule has 7 heteroatoms. The number of piperidine rings is 1. The summed E-state index contributed by atoms with van der Waals surface area (Å²) in [4.78, 5) is 13.2. The summed E-state index contributed by atoms with van der Waals surface area (Å²) < 4.78 is 0. The van der Waals surface area contributed by atoms with Crippen molar-refractivity contribution in [3.8, 4) is 0 Å². The van der Waals surface area contributed by atoms with Crippen molar-refractivity contribution in [2.75, 3.05) is 26.2 Å². The molecule has 2 aromatic heterocycles. The Morgan fingerprint density at radius 3 is 2.78 bits per heavy atom. The molecule has 1 fully saturated rings. The summed E-state index contributed by atoms with van der Waals surface area (Å²) in [7, 11) is 0. The van der Waals surface area contributed by atoms with E-state index in [0.29, 0.717) is 6.04 Å². The Kier molecular flexibility index (Phi) is 7.67. The van der Waals surface area contributed by atoms with E-state index in [9.17, 15) is 0 Å². The van der Waals surface area contributed by atoms with Crippen molar-refractivity contribution in [3.05, 3.63) is 38.0 Å². The Balaban J connectivity index is 1.45. The number of thiazole rings is 1. The third kappa shape index (κ3) is 6.30. The maximum atomic E-state index is 4.79. The van der Waals surface area contributed by atoms with Crippen molar-refractivity contribution >= 4 is 28.6 Å². The molecule has 1 saturated heterocycles. The fraction of sp³-hybridized carbons (Fsp3) is 0.600. The van der Waals surface area contributed by atoms with Gasteiger partial charge in [0.15, 0.2) is 5.96 Å². The zero-order valence-electron chi connectivity index (χ0n) is 16.6. The molecule has 0 aliphatic carbocycles. The third-order valence-corrected chi connectivity index (χ3v) is 6.73. The summed E-state index contributed by atoms with van der Waals surface area (Å²) in [6.45, 7) is 11.3. The standard InChI is InChI=1S/C20H31N5S2/c1-4-21-20(22-9-5-19-15(2)23-16(3)27-19)24-18-6-10-25(11-7-18)13-17-8-12-26-14-17/h8,12,14,18H,4-7,9-11,13H2,1-3H3,(H2,21,22,24). The lowest BCUT2D eigenvalue weighted by atomic mass is 10.0. The van der Waals surface area contributed by atoms with Gasteiger partial charge in [0.1, 0.15) is 0 Å². The fourth-order valence-corrected chi connectivity index (χ4v) is 5.05. The van der Waals surface area contributed by atoms with Gasteiger partial charge in [-0.25, -0.2) is 4.98 Å². The topological polar surface area (TPSA) is 52.6 Å². The summed E-state index contributed by atoms with van der Waals surface area (Å²) in [6, 6.07) is 2.74. The lowest BCUT2D eigenvalue weighted by Crippen LogP contribution is -2.48. The van der Waals surface area contributed by atoms with E-state index in [1.165, 1.54) is 23.3 Å². The first-order valence-electron chi connectivity index (χ1n) is 9.85. The number of nitrogens with one attached hydrogen (secondary N) is 2. The molecule has 2 N–H and O–H groups in total. The first kappa shape index (κ1) is 20.3. The van der Waals surface area contributed by atoms with Gasteiger partial charge >= 0.3 is 0 Å². The molecule has 0 saturated carbocycles. The van der Waals surface area contributed by atoms with Crippen LogP contribution in [0, 0.1) is 13.8 Å². The minimum atomic E-state index is 0.508. The van der Waals surface area contributed by atoms with Crippen molar-refractivity contribution in [2.24, 2.45) is 4.99 Å². The quantitative estimate of drug-likeness (QED) is 0.546. The SMILES string of the molecule is CCNC(=NCCc1sc(C)nc1C)NC1CCN(Cc2ccsc2)CC1. The van der Waals surface area contributed by atoms with Crippen molar-refractivity contribution in [1.82, 2.24) is 20.5 Å². The van der Waals surface area contributed by atoms with Gasteiger partial charge in [-0.1, -0.05) is 0 Å². The third-order valence-electron chi connectivity index (χ3n) is 4.87. The predicted octanol–water partition coefficient (Wildman–Crippen LogP) is 3.58. The molecule has 0 amide bonds. The van der Waals surface area contributed by atoms with Crippen molar-refractivity contribution in [1.29, 1.82) is 0 Å². The fourth-order valence-electron chi connectivity index (χ4n) is 3.46. The molecule has 0 bridgehead atoms. The molecular weight excluding hydrogens is 374 g/mol. The number of aryl methyl sites for hydroxylation is 2. The number of hydrogen-bond acceptors (Lipinski definition) is 5. The largest absolute Gasteiger partial charge is 0.357 e. The van der Waals surface area contributed by atoms with E-state index in [1.807, 2.05) is 0 Å². The molecule has 2 aromatic rings. The highest BCUT2D eigenvalue weighted by molar-refractivity contribution is 7.11. The number of nitrogens with zero attached hydrogens (tertiary/aromatic N) is 3. The van der Waals surface area contributed by atoms with E-state index in [4.69, 9.17) is 4.99 Å². The van der Waals surface area contributed by atoms with Crippen LogP contribution in [0.2, 0.25) is 0 Å². The predicted molar refractivity (Wildman–Crippen MR) is 117 cm³/mol. The minimum absolute atomic E-state index is 0.508. The van der Waals surface area contributed by atoms with Gasteiger partial charge < -0.3 is 10.6 Å². The average Bonchev–Trinajstić information content (AvgIpc) is 3.26. The minimum Gasteiger partial charge on any atom is -0.357 e. The molecule has 3 heterocycles. The van der Waals surface area contributed by atoms with E-state index in [1.54, 1.807) is 22.7 Å². The van der Waals surface area contributed by atoms with Crippen LogP contribution in [-0.4, -0.2) is 48.1 Å². The zero-order chi connectivity index (χ0) is 19.1. The molecule has 148 valence electrons. The van der Waals surface area contributed by atoms with E-state index < -0.39 is 0 Å². The van der Waals surface area contributed by atoms with Gasteiger partial charge in [-0.2, -0.15) is 11.3 Å². The maximum Gasteiger partial charge on any atom is 0.191 e. The zero-order valence-corrected chi connectivity index (χ0v) is 18.3. The Bertz CT molecular complexity index is 715. The Morgan fingerprint density at radius 1 is 1.33 bits per heavy atom. The van der Waals surface area contributed by atoms with E-state index in [2.05, 4.69) is 58.1 Å². The van der Waals surface area contributed by atoms with Crippen molar-refractivity contribution in [2.45, 2.75) is 52.6 Å². The molecule has 5 nitrogen and oxygen atoms in total. The van der Waals surface area contributed by atoms with Crippen LogP contribution in [0.15, 0.2) is 21.8 Å². The second-order valence-corrected chi connectivity index (χ2v) is 9.15. The van der Waals surface area contributed by atoms with Gasteiger partial charge in [0.05, 0.1) is 10.7 Å². The van der Waals surface area contributed by atoms with Crippen LogP contribution in [0.1, 0.15) is 40.9 Å². The Hall–Kier alpha value is -1.44. The molecule has 3 rings (SSSR count). The molecular formula is C20H31N5S2. The average molecular weight is 406 g/mol. The normalized spacial score (nSPS) is 16.6. The summed E-state index contributed by atoms with van der Waals surface area (Å²) >= 11 is 3.58. The van der Waals surface area contributed by atoms with Gasteiger partial charge in [-0.05, 0) is 56.0 Å². The van der Waals surface area contributed by atoms with Crippen LogP contribution in [-0.2, 0) is 13.0 Å². The monoisotopic (exact) mass is 405 g/mol. The number of thiophene rings is 1. The molecule has 27 heavy (non-hydrogen) atoms. The Labute approximate surface area is 170 Å². The number of aliphatic imine (C=N–C) groups is 1. The number of likely N-dealkylation sites (tertiary alicyclic amines) is 1. The molecule has 1 aliphatic heterocycles. The number of guanidine groups is 1. The highest BCUT2D eigenvalue weighted by atomic mass is 32.1. The number of hydrogen-bond donors (Lipinski definition) is 2. The van der Waals surface area contributed by atoms with Gasteiger partial charge in [-0.15, -0.1) is 11.3 Å². The van der Waals surface area contributed by atoms with Gasteiger partial charge in [0, 0.05) is 50.1 Å². The Morgan fingerprint density at radius 2 is 2.15 bits per heavy atom. The van der Waals surface area contributed by atoms with Gasteiger partial charge in [-0.3, -0.25) is 9.89 Å². The van der Waals surface area contributed by atoms with Crippen LogP contribution in [0.3, 0.4) is 0 Å². The summed E-state index contributed by atoms with van der Waals surface area (Å²) in [6.07, 6.45) is 3.30. The lowest BCUT2D eigenvalue weighted by Gasteiger charge is -2.33. The number of rotatable bonds is 7. The smallest absolute Gasteiger partial charge is 0.191 e. The first-order valence-corrected chi connectivity index (χ1v) is 11.6. The van der Waals surface area contributed by atoms with Gasteiger partial charge in [0.25, 0.3) is 0 Å².